The molecule has 4 heteroatoms. The van der Waals surface area contributed by atoms with E-state index in [0.717, 1.165) is 13.0 Å². The van der Waals surface area contributed by atoms with Gasteiger partial charge < -0.3 is 0 Å². The Labute approximate surface area is 60.5 Å². The summed E-state index contributed by atoms with van der Waals surface area (Å²) in [6, 6.07) is 0. The van der Waals surface area contributed by atoms with Gasteiger partial charge in [-0.15, -0.1) is 0 Å². The van der Waals surface area contributed by atoms with E-state index in [0.29, 0.717) is 0 Å². The van der Waals surface area contributed by atoms with Gasteiger partial charge in [0.15, 0.2) is 0 Å². The molecule has 0 radical (unpaired) electrons. The highest BCUT2D eigenvalue weighted by Crippen LogP contribution is 2.15. The van der Waals surface area contributed by atoms with Crippen LogP contribution in [-0.4, -0.2) is 24.7 Å². The standard InChI is InChI=1S/C6H12N4/c1-10-5-3-2-4-6(10)8-9-7/h6H,2-5H2,1H3. The summed E-state index contributed by atoms with van der Waals surface area (Å²) in [7, 11) is 2.00. The zero-order valence-electron chi connectivity index (χ0n) is 6.19. The van der Waals surface area contributed by atoms with Crippen LogP contribution in [0.15, 0.2) is 5.11 Å². The van der Waals surface area contributed by atoms with Crippen molar-refractivity contribution in [3.05, 3.63) is 10.4 Å². The fraction of sp³-hybridized carbons (Fsp3) is 1.00. The highest BCUT2D eigenvalue weighted by molar-refractivity contribution is 4.71. The smallest absolute Gasteiger partial charge is 0.0884 e. The van der Waals surface area contributed by atoms with Crippen molar-refractivity contribution in [3.63, 3.8) is 0 Å². The third-order valence-electron chi connectivity index (χ3n) is 1.92. The molecule has 1 atom stereocenters. The zero-order chi connectivity index (χ0) is 7.40. The molecule has 1 heterocycles. The van der Waals surface area contributed by atoms with E-state index >= 15 is 0 Å². The van der Waals surface area contributed by atoms with Gasteiger partial charge in [-0.25, -0.2) is 0 Å². The van der Waals surface area contributed by atoms with Crippen molar-refractivity contribution in [1.29, 1.82) is 0 Å². The topological polar surface area (TPSA) is 52.0 Å². The summed E-state index contributed by atoms with van der Waals surface area (Å²) in [5, 5.41) is 3.67. The summed E-state index contributed by atoms with van der Waals surface area (Å²) in [4.78, 5) is 4.89. The summed E-state index contributed by atoms with van der Waals surface area (Å²) in [6.45, 7) is 1.06. The first-order chi connectivity index (χ1) is 4.84. The largest absolute Gasteiger partial charge is 0.298 e. The Kier molecular flexibility index (Phi) is 2.54. The first-order valence-electron chi connectivity index (χ1n) is 3.59. The van der Waals surface area contributed by atoms with E-state index in [9.17, 15) is 0 Å². The lowest BCUT2D eigenvalue weighted by atomic mass is 10.1. The molecule has 0 aromatic rings. The molecule has 4 nitrogen and oxygen atoms in total. The maximum atomic E-state index is 8.17. The summed E-state index contributed by atoms with van der Waals surface area (Å²) in [6.07, 6.45) is 3.54. The molecule has 0 aromatic carbocycles. The van der Waals surface area contributed by atoms with Gasteiger partial charge in [0.2, 0.25) is 0 Å². The minimum atomic E-state index is 0.110. The minimum absolute atomic E-state index is 0.110. The van der Waals surface area contributed by atoms with Crippen LogP contribution in [0.2, 0.25) is 0 Å². The van der Waals surface area contributed by atoms with Crippen LogP contribution in [0.1, 0.15) is 19.3 Å². The van der Waals surface area contributed by atoms with Crippen LogP contribution in [0.25, 0.3) is 10.4 Å². The monoisotopic (exact) mass is 140 g/mol. The van der Waals surface area contributed by atoms with E-state index in [1.165, 1.54) is 12.8 Å². The molecule has 0 amide bonds. The maximum absolute atomic E-state index is 8.17. The molecule has 0 aliphatic carbocycles. The van der Waals surface area contributed by atoms with Crippen molar-refractivity contribution in [2.24, 2.45) is 5.11 Å². The highest BCUT2D eigenvalue weighted by Gasteiger charge is 2.16. The molecule has 0 saturated carbocycles. The Morgan fingerprint density at radius 1 is 1.60 bits per heavy atom. The molecule has 1 fully saturated rings. The van der Waals surface area contributed by atoms with Crippen LogP contribution in [0.4, 0.5) is 0 Å². The van der Waals surface area contributed by atoms with Crippen LogP contribution >= 0.6 is 0 Å². The third-order valence-corrected chi connectivity index (χ3v) is 1.92. The first-order valence-corrected chi connectivity index (χ1v) is 3.59. The molecule has 56 valence electrons. The second kappa shape index (κ2) is 3.44. The Morgan fingerprint density at radius 2 is 2.40 bits per heavy atom. The molecule has 1 unspecified atom stereocenters. The van der Waals surface area contributed by atoms with E-state index in [4.69, 9.17) is 5.53 Å². The quantitative estimate of drug-likeness (QED) is 0.311. The molecule has 10 heavy (non-hydrogen) atoms. The minimum Gasteiger partial charge on any atom is -0.298 e. The second-order valence-electron chi connectivity index (χ2n) is 2.66. The molecule has 1 saturated heterocycles. The summed E-state index contributed by atoms with van der Waals surface area (Å²) >= 11 is 0. The predicted octanol–water partition coefficient (Wildman–Crippen LogP) is 1.74. The van der Waals surface area contributed by atoms with Crippen LogP contribution in [-0.2, 0) is 0 Å². The third kappa shape index (κ3) is 1.62. The Bertz CT molecular complexity index is 150. The van der Waals surface area contributed by atoms with Crippen molar-refractivity contribution in [2.75, 3.05) is 13.6 Å². The van der Waals surface area contributed by atoms with Crippen molar-refractivity contribution in [3.8, 4) is 0 Å². The van der Waals surface area contributed by atoms with E-state index in [-0.39, 0.29) is 6.17 Å². The molecule has 0 bridgehead atoms. The number of azide groups is 1. The van der Waals surface area contributed by atoms with E-state index in [1.54, 1.807) is 0 Å². The number of rotatable bonds is 1. The van der Waals surface area contributed by atoms with E-state index < -0.39 is 0 Å². The average Bonchev–Trinajstić information content (AvgIpc) is 1.94. The fourth-order valence-electron chi connectivity index (χ4n) is 1.26. The summed E-state index contributed by atoms with van der Waals surface area (Å²) in [5.41, 5.74) is 8.17. The molecule has 0 spiro atoms. The lowest BCUT2D eigenvalue weighted by molar-refractivity contribution is 0.190. The van der Waals surface area contributed by atoms with Gasteiger partial charge in [0.25, 0.3) is 0 Å². The Hall–Kier alpha value is -0.730. The lowest BCUT2D eigenvalue weighted by Crippen LogP contribution is -2.34. The SMILES string of the molecule is CN1CCCCC1N=[N+]=[N-]. The van der Waals surface area contributed by atoms with Crippen LogP contribution in [0.5, 0.6) is 0 Å². The maximum Gasteiger partial charge on any atom is 0.0884 e. The van der Waals surface area contributed by atoms with Gasteiger partial charge in [-0.2, -0.15) is 0 Å². The molecule has 0 aromatic heterocycles. The van der Waals surface area contributed by atoms with Crippen LogP contribution in [0, 0.1) is 0 Å². The highest BCUT2D eigenvalue weighted by atomic mass is 15.3. The van der Waals surface area contributed by atoms with Crippen LogP contribution in [0.3, 0.4) is 0 Å². The molecule has 1 aliphatic rings. The Balaban J connectivity index is 2.47. The van der Waals surface area contributed by atoms with Crippen LogP contribution < -0.4 is 0 Å². The summed E-state index contributed by atoms with van der Waals surface area (Å²) in [5.74, 6) is 0. The van der Waals surface area contributed by atoms with Gasteiger partial charge in [-0.1, -0.05) is 11.5 Å². The number of likely N-dealkylation sites (tertiary alicyclic amines) is 1. The van der Waals surface area contributed by atoms with Crippen molar-refractivity contribution in [2.45, 2.75) is 25.4 Å². The van der Waals surface area contributed by atoms with Gasteiger partial charge in [-0.3, -0.25) is 4.90 Å². The second-order valence-corrected chi connectivity index (χ2v) is 2.66. The van der Waals surface area contributed by atoms with Crippen molar-refractivity contribution in [1.82, 2.24) is 4.90 Å². The number of hydrogen-bond donors (Lipinski definition) is 0. The molecule has 0 N–H and O–H groups in total. The Morgan fingerprint density at radius 3 is 3.00 bits per heavy atom. The van der Waals surface area contributed by atoms with Gasteiger partial charge in [0, 0.05) is 4.91 Å². The zero-order valence-corrected chi connectivity index (χ0v) is 6.19. The normalized spacial score (nSPS) is 27.5. The molecular weight excluding hydrogens is 128 g/mol. The fourth-order valence-corrected chi connectivity index (χ4v) is 1.26. The number of piperidine rings is 1. The number of nitrogens with zero attached hydrogens (tertiary/aromatic N) is 4. The van der Waals surface area contributed by atoms with E-state index in [1.807, 2.05) is 7.05 Å². The molecule has 1 rings (SSSR count). The number of hydrogen-bond acceptors (Lipinski definition) is 2. The van der Waals surface area contributed by atoms with Crippen molar-refractivity contribution < 1.29 is 0 Å². The van der Waals surface area contributed by atoms with Gasteiger partial charge in [0.05, 0.1) is 6.17 Å². The average molecular weight is 140 g/mol. The first kappa shape index (κ1) is 7.38. The van der Waals surface area contributed by atoms with E-state index in [2.05, 4.69) is 14.9 Å². The van der Waals surface area contributed by atoms with Crippen molar-refractivity contribution >= 4 is 0 Å². The molecule has 1 aliphatic heterocycles. The predicted molar refractivity (Wildman–Crippen MR) is 39.4 cm³/mol. The van der Waals surface area contributed by atoms with Gasteiger partial charge in [-0.05, 0) is 32.0 Å². The van der Waals surface area contributed by atoms with Gasteiger partial charge >= 0.3 is 0 Å². The molecular formula is C6H12N4. The lowest BCUT2D eigenvalue weighted by Gasteiger charge is -2.28. The van der Waals surface area contributed by atoms with Gasteiger partial charge in [0.1, 0.15) is 0 Å². The summed E-state index contributed by atoms with van der Waals surface area (Å²) < 4.78 is 0.